The molecule has 0 amide bonds. The number of aromatic nitrogens is 2. The minimum absolute atomic E-state index is 0.0356. The van der Waals surface area contributed by atoms with Crippen molar-refractivity contribution in [2.75, 3.05) is 0 Å². The first kappa shape index (κ1) is 61.1. The van der Waals surface area contributed by atoms with Crippen molar-refractivity contribution in [3.05, 3.63) is 161 Å². The van der Waals surface area contributed by atoms with E-state index in [0.29, 0.717) is 28.5 Å². The van der Waals surface area contributed by atoms with Crippen LogP contribution >= 0.6 is 0 Å². The zero-order valence-electron chi connectivity index (χ0n) is 55.8. The lowest BCUT2D eigenvalue weighted by Crippen LogP contribution is -2.52. The molecule has 89 heavy (non-hydrogen) atoms. The van der Waals surface area contributed by atoms with Crippen molar-refractivity contribution in [3.63, 3.8) is 0 Å². The van der Waals surface area contributed by atoms with Crippen molar-refractivity contribution >= 4 is 94.2 Å². The molecule has 2 aliphatic rings. The Kier molecular flexibility index (Phi) is 16.6. The maximum absolute atomic E-state index is 19.0. The average molecular weight is 1190 g/mol. The molecule has 0 saturated carbocycles. The van der Waals surface area contributed by atoms with E-state index in [0.717, 1.165) is 39.0 Å². The van der Waals surface area contributed by atoms with Gasteiger partial charge in [0.25, 0.3) is 0 Å². The lowest BCUT2D eigenvalue weighted by Gasteiger charge is -2.31. The molecule has 9 aromatic carbocycles. The van der Waals surface area contributed by atoms with Gasteiger partial charge in [-0.3, -0.25) is 0 Å². The van der Waals surface area contributed by atoms with Gasteiger partial charge < -0.3 is 22.2 Å². The van der Waals surface area contributed by atoms with Crippen LogP contribution in [0.15, 0.2) is 133 Å². The van der Waals surface area contributed by atoms with E-state index in [-0.39, 0.29) is 16.2 Å². The monoisotopic (exact) mass is 1190 g/mol. The highest BCUT2D eigenvalue weighted by Crippen LogP contribution is 2.53. The lowest BCUT2D eigenvalue weighted by atomic mass is 9.82. The van der Waals surface area contributed by atoms with Crippen molar-refractivity contribution in [2.45, 2.75) is 227 Å². The van der Waals surface area contributed by atoms with E-state index < -0.39 is 6.97 Å². The quantitative estimate of drug-likeness (QED) is 0.0234. The Morgan fingerprint density at radius 1 is 0.427 bits per heavy atom. The van der Waals surface area contributed by atoms with Gasteiger partial charge in [0.2, 0.25) is 0 Å². The van der Waals surface area contributed by atoms with Gasteiger partial charge in [-0.1, -0.05) is 283 Å². The maximum Gasteiger partial charge on any atom is 0.737 e. The average Bonchev–Trinajstić information content (AvgIpc) is 1.57. The summed E-state index contributed by atoms with van der Waals surface area (Å²) in [7, 11) is 0. The first-order valence-electron chi connectivity index (χ1n) is 35.0. The molecule has 0 N–H and O–H groups in total. The molecule has 13 rings (SSSR count). The maximum atomic E-state index is 19.0. The Morgan fingerprint density at radius 2 is 0.876 bits per heavy atom. The summed E-state index contributed by atoms with van der Waals surface area (Å²) in [6.07, 6.45) is 30.3. The molecular weight excluding hydrogens is 1090 g/mol. The van der Waals surface area contributed by atoms with Crippen molar-refractivity contribution in [1.82, 2.24) is 9.05 Å². The van der Waals surface area contributed by atoms with Gasteiger partial charge >= 0.3 is 6.97 Å². The van der Waals surface area contributed by atoms with Crippen LogP contribution in [-0.4, -0.2) is 26.2 Å². The number of nitrogens with zero attached hydrogens (tertiary/aromatic N) is 3. The molecule has 0 aliphatic carbocycles. The summed E-state index contributed by atoms with van der Waals surface area (Å²) < 4.78 is 43.6. The Morgan fingerprint density at radius 3 is 1.42 bits per heavy atom. The van der Waals surface area contributed by atoms with Gasteiger partial charge in [-0.2, -0.15) is 0 Å². The van der Waals surface area contributed by atoms with Gasteiger partial charge in [0.15, 0.2) is 11.4 Å². The van der Waals surface area contributed by atoms with E-state index in [9.17, 15) is 0 Å². The molecule has 6 heteroatoms. The molecule has 11 aromatic rings. The van der Waals surface area contributed by atoms with Crippen LogP contribution in [0.2, 0.25) is 0 Å². The summed E-state index contributed by atoms with van der Waals surface area (Å²) >= 11 is 0. The molecule has 1 unspecified atom stereocenters. The second kappa shape index (κ2) is 24.1. The standard InChI is InChI=1S/C83H98BF2N3/c1-12-14-16-18-20-22-23-25-27-29-32-55(31-28-26-24-21-19-17-15-13-2)54-87-72-51-66(56-35-41-59(42-36-56)81(3,4)5)63-34-30-33-62-64-47-48-65-67-52-71(58-39-45-61(46-40-58)83(9,10)11)89-80(67)76(68-53-73(87)79(77(64)75(65)68)78(72)74(62)63)70-50-49-69(88(70)84(89,85)86)57-37-43-60(44-38-57)82(6,7)8/h30,33-53,55H,12-29,31-32,54H2,1-11H3. The number of fused-ring (bicyclic) bond motifs is 4. The number of hydrogen-bond donors (Lipinski definition) is 0. The summed E-state index contributed by atoms with van der Waals surface area (Å²) in [6, 6.07) is 45.0. The third-order valence-corrected chi connectivity index (χ3v) is 21.2. The fourth-order valence-corrected chi connectivity index (χ4v) is 16.1. The predicted molar refractivity (Wildman–Crippen MR) is 383 cm³/mol. The Bertz CT molecular complexity index is 4490. The summed E-state index contributed by atoms with van der Waals surface area (Å²) in [5.74, 6) is 0.492. The third-order valence-electron chi connectivity index (χ3n) is 21.2. The molecule has 3 nitrogen and oxygen atoms in total. The fraction of sp³-hybridized carbons (Fsp3) is 0.434. The zero-order valence-corrected chi connectivity index (χ0v) is 55.8. The second-order valence-corrected chi connectivity index (χ2v) is 30.6. The summed E-state index contributed by atoms with van der Waals surface area (Å²) in [4.78, 5) is 0. The first-order chi connectivity index (χ1) is 42.8. The molecule has 1 atom stereocenters. The Balaban J connectivity index is 1.07. The third kappa shape index (κ3) is 11.0. The smallest absolute Gasteiger partial charge is 0.389 e. The SMILES string of the molecule is CCCCCCCCCCCCC(CCCCCCCCCC)Cn1c2cc(-c3ccc(C(C)(C)C)cc3)c3cccc4c5ccc6c7cc(-c8ccc(C(C)(C)C)cc8)n8c7c(c7cc1c(c5c76)c2c34)=C1C=CC(c2ccc(C(C)(C)C)cc2)=[N+]1[B-]8(F)F. The number of benzene rings is 9. The molecule has 0 fully saturated rings. The van der Waals surface area contributed by atoms with Crippen molar-refractivity contribution < 1.29 is 13.1 Å². The van der Waals surface area contributed by atoms with Gasteiger partial charge in [0.1, 0.15) is 0 Å². The number of halogens is 2. The molecule has 2 aliphatic heterocycles. The predicted octanol–water partition coefficient (Wildman–Crippen LogP) is 24.1. The number of unbranched alkanes of at least 4 members (excludes halogenated alkanes) is 16. The minimum Gasteiger partial charge on any atom is -0.389 e. The van der Waals surface area contributed by atoms with Gasteiger partial charge in [-0.05, 0) is 126 Å². The van der Waals surface area contributed by atoms with Crippen LogP contribution in [0.4, 0.5) is 8.63 Å². The molecule has 0 saturated heterocycles. The highest BCUT2D eigenvalue weighted by molar-refractivity contribution is 6.61. The number of allylic oxidation sites excluding steroid dienone is 1. The summed E-state index contributed by atoms with van der Waals surface area (Å²) in [6.45, 7) is 21.3. The topological polar surface area (TPSA) is 12.9 Å². The summed E-state index contributed by atoms with van der Waals surface area (Å²) in [5.41, 5.74) is 12.5. The van der Waals surface area contributed by atoms with Crippen LogP contribution in [0, 0.1) is 5.92 Å². The van der Waals surface area contributed by atoms with Crippen LogP contribution < -0.4 is 5.22 Å². The molecule has 462 valence electrons. The largest absolute Gasteiger partial charge is 0.737 e. The highest BCUT2D eigenvalue weighted by atomic mass is 19.2. The van der Waals surface area contributed by atoms with E-state index >= 15 is 8.63 Å². The van der Waals surface area contributed by atoms with Crippen molar-refractivity contribution in [2.24, 2.45) is 5.92 Å². The molecule has 0 bridgehead atoms. The van der Waals surface area contributed by atoms with Gasteiger partial charge in [0.05, 0.1) is 16.3 Å². The lowest BCUT2D eigenvalue weighted by molar-refractivity contribution is -0.317. The van der Waals surface area contributed by atoms with E-state index in [2.05, 4.69) is 202 Å². The van der Waals surface area contributed by atoms with Crippen molar-refractivity contribution in [1.29, 1.82) is 0 Å². The molecule has 2 aromatic heterocycles. The molecular formula is C83H98BF2N3. The van der Waals surface area contributed by atoms with Gasteiger partial charge in [-0.15, -0.1) is 0 Å². The van der Waals surface area contributed by atoms with Crippen molar-refractivity contribution in [3.8, 4) is 22.4 Å². The zero-order chi connectivity index (χ0) is 62.1. The second-order valence-electron chi connectivity index (χ2n) is 30.6. The van der Waals surface area contributed by atoms with E-state index in [4.69, 9.17) is 0 Å². The molecule has 0 radical (unpaired) electrons. The summed E-state index contributed by atoms with van der Waals surface area (Å²) in [5, 5.41) is 14.1. The first-order valence-corrected chi connectivity index (χ1v) is 35.0. The van der Waals surface area contributed by atoms with E-state index in [1.807, 2.05) is 12.2 Å². The van der Waals surface area contributed by atoms with Crippen LogP contribution in [0.5, 0.6) is 0 Å². The number of rotatable bonds is 25. The Labute approximate surface area is 530 Å². The fourth-order valence-electron chi connectivity index (χ4n) is 16.1. The normalized spacial score (nSPS) is 15.0. The van der Waals surface area contributed by atoms with E-state index in [1.54, 1.807) is 0 Å². The van der Waals surface area contributed by atoms with Crippen LogP contribution in [0.1, 0.15) is 227 Å². The molecule has 4 heterocycles. The van der Waals surface area contributed by atoms with Crippen LogP contribution in [0.25, 0.3) is 104 Å². The Hall–Kier alpha value is -6.79. The van der Waals surface area contributed by atoms with Gasteiger partial charge in [-0.25, -0.2) is 0 Å². The highest BCUT2D eigenvalue weighted by Gasteiger charge is 2.54. The minimum atomic E-state index is -4.42. The molecule has 0 spiro atoms. The van der Waals surface area contributed by atoms with Crippen LogP contribution in [-0.2, 0) is 22.8 Å². The van der Waals surface area contributed by atoms with E-state index in [1.165, 1.54) is 219 Å². The van der Waals surface area contributed by atoms with Crippen LogP contribution in [0.3, 0.4) is 0 Å². The van der Waals surface area contributed by atoms with Gasteiger partial charge in [0, 0.05) is 67.8 Å². The number of hydrogen-bond acceptors (Lipinski definition) is 0.